The van der Waals surface area contributed by atoms with Crippen LogP contribution in [-0.4, -0.2) is 16.1 Å². The first-order chi connectivity index (χ1) is 7.95. The minimum Gasteiger partial charge on any atom is -0.330 e. The van der Waals surface area contributed by atoms with Gasteiger partial charge in [-0.2, -0.15) is 0 Å². The van der Waals surface area contributed by atoms with Crippen LogP contribution in [0.15, 0.2) is 12.5 Å². The summed E-state index contributed by atoms with van der Waals surface area (Å²) >= 11 is 0. The molecule has 1 saturated heterocycles. The average Bonchev–Trinajstić information content (AvgIpc) is 3.01. The molecule has 3 nitrogen and oxygen atoms in total. The van der Waals surface area contributed by atoms with Gasteiger partial charge in [0.05, 0.1) is 12.0 Å². The van der Waals surface area contributed by atoms with Gasteiger partial charge in [0.15, 0.2) is 0 Å². The van der Waals surface area contributed by atoms with Crippen LogP contribution in [0.4, 0.5) is 0 Å². The Balaban J connectivity index is 1.80. The first-order valence-corrected chi connectivity index (χ1v) is 6.70. The molecule has 0 spiro atoms. The van der Waals surface area contributed by atoms with Crippen LogP contribution in [0.1, 0.15) is 62.7 Å². The van der Waals surface area contributed by atoms with Gasteiger partial charge in [-0.3, -0.25) is 0 Å². The average molecular weight is 219 g/mol. The Morgan fingerprint density at radius 3 is 2.75 bits per heavy atom. The molecule has 1 aliphatic carbocycles. The highest BCUT2D eigenvalue weighted by atomic mass is 15.1. The highest BCUT2D eigenvalue weighted by Crippen LogP contribution is 2.32. The molecule has 3 heteroatoms. The summed E-state index contributed by atoms with van der Waals surface area (Å²) in [6.07, 6.45) is 13.6. The molecule has 1 saturated carbocycles. The van der Waals surface area contributed by atoms with Crippen molar-refractivity contribution in [2.24, 2.45) is 0 Å². The lowest BCUT2D eigenvalue weighted by Gasteiger charge is -2.26. The second-order valence-electron chi connectivity index (χ2n) is 5.17. The Morgan fingerprint density at radius 1 is 1.12 bits per heavy atom. The van der Waals surface area contributed by atoms with E-state index in [0.717, 1.165) is 0 Å². The van der Waals surface area contributed by atoms with Crippen LogP contribution in [-0.2, 0) is 0 Å². The van der Waals surface area contributed by atoms with Crippen molar-refractivity contribution < 1.29 is 0 Å². The monoisotopic (exact) mass is 219 g/mol. The second-order valence-corrected chi connectivity index (χ2v) is 5.17. The van der Waals surface area contributed by atoms with Crippen LogP contribution in [0.5, 0.6) is 0 Å². The fourth-order valence-electron chi connectivity index (χ4n) is 3.19. The molecular weight excluding hydrogens is 198 g/mol. The molecule has 0 aromatic carbocycles. The minimum absolute atomic E-state index is 0.560. The van der Waals surface area contributed by atoms with Gasteiger partial charge in [-0.25, -0.2) is 4.98 Å². The number of nitrogens with zero attached hydrogens (tertiary/aromatic N) is 2. The van der Waals surface area contributed by atoms with Gasteiger partial charge in [0, 0.05) is 18.3 Å². The van der Waals surface area contributed by atoms with Gasteiger partial charge in [0.25, 0.3) is 0 Å². The summed E-state index contributed by atoms with van der Waals surface area (Å²) in [5, 5.41) is 3.58. The molecule has 1 aliphatic heterocycles. The lowest BCUT2D eigenvalue weighted by Crippen LogP contribution is -2.20. The fraction of sp³-hybridized carbons (Fsp3) is 0.769. The smallest absolute Gasteiger partial charge is 0.0951 e. The topological polar surface area (TPSA) is 29.9 Å². The van der Waals surface area contributed by atoms with E-state index in [0.29, 0.717) is 12.1 Å². The number of imidazole rings is 1. The summed E-state index contributed by atoms with van der Waals surface area (Å²) < 4.78 is 2.45. The molecular formula is C13H21N3. The van der Waals surface area contributed by atoms with Crippen molar-refractivity contribution in [1.82, 2.24) is 14.9 Å². The van der Waals surface area contributed by atoms with Gasteiger partial charge in [-0.05, 0) is 32.2 Å². The molecule has 0 bridgehead atoms. The van der Waals surface area contributed by atoms with E-state index >= 15 is 0 Å². The van der Waals surface area contributed by atoms with Crippen molar-refractivity contribution in [2.75, 3.05) is 6.54 Å². The molecule has 88 valence electrons. The summed E-state index contributed by atoms with van der Waals surface area (Å²) in [5.41, 5.74) is 1.42. The number of hydrogen-bond acceptors (Lipinski definition) is 2. The SMILES string of the molecule is c1ncn(C2CCCCC2)c1[C@@H]1CCCN1. The van der Waals surface area contributed by atoms with Crippen LogP contribution in [0.2, 0.25) is 0 Å². The van der Waals surface area contributed by atoms with Gasteiger partial charge >= 0.3 is 0 Å². The van der Waals surface area contributed by atoms with E-state index in [1.807, 2.05) is 6.33 Å². The van der Waals surface area contributed by atoms with Crippen LogP contribution < -0.4 is 5.32 Å². The van der Waals surface area contributed by atoms with Crippen LogP contribution in [0.3, 0.4) is 0 Å². The number of rotatable bonds is 2. The lowest BCUT2D eigenvalue weighted by molar-refractivity contribution is 0.340. The first kappa shape index (κ1) is 10.3. The lowest BCUT2D eigenvalue weighted by atomic mass is 9.95. The summed E-state index contributed by atoms with van der Waals surface area (Å²) in [5.74, 6) is 0. The molecule has 0 unspecified atom stereocenters. The van der Waals surface area contributed by atoms with Crippen LogP contribution in [0, 0.1) is 0 Å². The molecule has 0 radical (unpaired) electrons. The van der Waals surface area contributed by atoms with Gasteiger partial charge in [0.2, 0.25) is 0 Å². The molecule has 2 fully saturated rings. The van der Waals surface area contributed by atoms with E-state index < -0.39 is 0 Å². The van der Waals surface area contributed by atoms with Crippen LogP contribution >= 0.6 is 0 Å². The fourth-order valence-corrected chi connectivity index (χ4v) is 3.19. The quantitative estimate of drug-likeness (QED) is 0.829. The van der Waals surface area contributed by atoms with Crippen molar-refractivity contribution >= 4 is 0 Å². The first-order valence-electron chi connectivity index (χ1n) is 6.70. The number of hydrogen-bond donors (Lipinski definition) is 1. The predicted octanol–water partition coefficient (Wildman–Crippen LogP) is 2.81. The van der Waals surface area contributed by atoms with E-state index in [4.69, 9.17) is 0 Å². The predicted molar refractivity (Wildman–Crippen MR) is 64.3 cm³/mol. The maximum atomic E-state index is 4.36. The van der Waals surface area contributed by atoms with E-state index in [2.05, 4.69) is 21.1 Å². The van der Waals surface area contributed by atoms with E-state index in [1.54, 1.807) is 0 Å². The van der Waals surface area contributed by atoms with Crippen molar-refractivity contribution in [3.8, 4) is 0 Å². The molecule has 0 amide bonds. The standard InChI is InChI=1S/C13H21N3/c1-2-5-11(6-3-1)16-10-14-9-13(16)12-7-4-8-15-12/h9-12,15H,1-8H2/t12-/m0/s1. The molecule has 3 rings (SSSR count). The Kier molecular flexibility index (Phi) is 2.96. The minimum atomic E-state index is 0.560. The van der Waals surface area contributed by atoms with E-state index in [1.165, 1.54) is 57.2 Å². The van der Waals surface area contributed by atoms with E-state index in [9.17, 15) is 0 Å². The zero-order valence-electron chi connectivity index (χ0n) is 9.86. The van der Waals surface area contributed by atoms with Gasteiger partial charge < -0.3 is 9.88 Å². The van der Waals surface area contributed by atoms with Gasteiger partial charge in [-0.15, -0.1) is 0 Å². The maximum Gasteiger partial charge on any atom is 0.0951 e. The zero-order chi connectivity index (χ0) is 10.8. The molecule has 1 aromatic heterocycles. The summed E-state index contributed by atoms with van der Waals surface area (Å²) in [6.45, 7) is 1.17. The zero-order valence-corrected chi connectivity index (χ0v) is 9.86. The molecule has 1 N–H and O–H groups in total. The Bertz CT molecular complexity index is 333. The van der Waals surface area contributed by atoms with Crippen molar-refractivity contribution in [1.29, 1.82) is 0 Å². The highest BCUT2D eigenvalue weighted by molar-refractivity contribution is 5.08. The third kappa shape index (κ3) is 1.88. The highest BCUT2D eigenvalue weighted by Gasteiger charge is 2.23. The molecule has 2 aliphatic rings. The molecule has 1 aromatic rings. The van der Waals surface area contributed by atoms with Crippen molar-refractivity contribution in [3.05, 3.63) is 18.2 Å². The Hall–Kier alpha value is -0.830. The van der Waals surface area contributed by atoms with Crippen LogP contribution in [0.25, 0.3) is 0 Å². The molecule has 1 atom stereocenters. The summed E-state index contributed by atoms with van der Waals surface area (Å²) in [6, 6.07) is 1.28. The largest absolute Gasteiger partial charge is 0.330 e. The van der Waals surface area contributed by atoms with Crippen molar-refractivity contribution in [2.45, 2.75) is 57.0 Å². The summed E-state index contributed by atoms with van der Waals surface area (Å²) in [4.78, 5) is 4.36. The molecule has 16 heavy (non-hydrogen) atoms. The normalized spacial score (nSPS) is 27.4. The third-order valence-corrected chi connectivity index (χ3v) is 4.08. The molecule has 2 heterocycles. The number of nitrogens with one attached hydrogen (secondary N) is 1. The van der Waals surface area contributed by atoms with Gasteiger partial charge in [-0.1, -0.05) is 19.3 Å². The Morgan fingerprint density at radius 2 is 2.00 bits per heavy atom. The second kappa shape index (κ2) is 4.58. The summed E-state index contributed by atoms with van der Waals surface area (Å²) in [7, 11) is 0. The van der Waals surface area contributed by atoms with E-state index in [-0.39, 0.29) is 0 Å². The Labute approximate surface area is 97.3 Å². The third-order valence-electron chi connectivity index (χ3n) is 4.08. The van der Waals surface area contributed by atoms with Crippen molar-refractivity contribution in [3.63, 3.8) is 0 Å². The van der Waals surface area contributed by atoms with Gasteiger partial charge in [0.1, 0.15) is 0 Å². The maximum absolute atomic E-state index is 4.36. The number of aromatic nitrogens is 2.